The van der Waals surface area contributed by atoms with Crippen LogP contribution in [0.3, 0.4) is 0 Å². The monoisotopic (exact) mass is 221 g/mol. The predicted molar refractivity (Wildman–Crippen MR) is 59.0 cm³/mol. The Morgan fingerprint density at radius 2 is 2.40 bits per heavy atom. The van der Waals surface area contributed by atoms with Gasteiger partial charge in [-0.15, -0.1) is 0 Å². The highest BCUT2D eigenvalue weighted by Gasteiger charge is 2.22. The number of anilines is 1. The summed E-state index contributed by atoms with van der Waals surface area (Å²) >= 11 is 1.39. The lowest BCUT2D eigenvalue weighted by Crippen LogP contribution is -1.99. The molecular weight excluding hydrogens is 210 g/mol. The quantitative estimate of drug-likeness (QED) is 0.865. The molecule has 0 atom stereocenters. The molecule has 0 saturated heterocycles. The summed E-state index contributed by atoms with van der Waals surface area (Å²) in [6.07, 6.45) is 4.16. The fraction of sp³-hybridized carbons (Fsp3) is 0.400. The molecule has 1 aliphatic rings. The summed E-state index contributed by atoms with van der Waals surface area (Å²) in [5.74, 6) is 1.46. The van der Waals surface area contributed by atoms with Crippen LogP contribution < -0.4 is 5.32 Å². The first-order valence-electron chi connectivity index (χ1n) is 4.97. The van der Waals surface area contributed by atoms with Crippen molar-refractivity contribution in [3.8, 4) is 11.6 Å². The fourth-order valence-corrected chi connectivity index (χ4v) is 2.02. The van der Waals surface area contributed by atoms with Crippen molar-refractivity contribution in [2.24, 2.45) is 0 Å². The molecule has 4 nitrogen and oxygen atoms in total. The second-order valence-corrected chi connectivity index (χ2v) is 4.53. The highest BCUT2D eigenvalue weighted by Crippen LogP contribution is 2.28. The standard InChI is InChI=1S/C10H11N3OS/c1-6-4-5-14-8(6)9-12-10(15-13-9)11-7-2-3-7/h4-5,7H,2-3H2,1H3,(H,11,12,13). The average molecular weight is 221 g/mol. The van der Waals surface area contributed by atoms with Crippen LogP contribution in [0.1, 0.15) is 18.4 Å². The minimum atomic E-state index is 0.614. The van der Waals surface area contributed by atoms with Crippen molar-refractivity contribution < 1.29 is 4.42 Å². The highest BCUT2D eigenvalue weighted by atomic mass is 32.1. The lowest BCUT2D eigenvalue weighted by atomic mass is 10.3. The van der Waals surface area contributed by atoms with E-state index in [2.05, 4.69) is 14.7 Å². The van der Waals surface area contributed by atoms with Crippen LogP contribution in [0.2, 0.25) is 0 Å². The molecule has 5 heteroatoms. The van der Waals surface area contributed by atoms with Crippen LogP contribution in [0.25, 0.3) is 11.6 Å². The molecule has 3 rings (SSSR count). The van der Waals surface area contributed by atoms with Crippen molar-refractivity contribution in [3.05, 3.63) is 17.9 Å². The van der Waals surface area contributed by atoms with Crippen LogP contribution >= 0.6 is 11.5 Å². The van der Waals surface area contributed by atoms with Crippen molar-refractivity contribution in [2.75, 3.05) is 5.32 Å². The molecule has 1 fully saturated rings. The van der Waals surface area contributed by atoms with E-state index in [0.717, 1.165) is 16.5 Å². The minimum absolute atomic E-state index is 0.614. The lowest BCUT2D eigenvalue weighted by Gasteiger charge is -1.94. The van der Waals surface area contributed by atoms with Crippen LogP contribution in [0, 0.1) is 6.92 Å². The van der Waals surface area contributed by atoms with Crippen LogP contribution in [0.5, 0.6) is 0 Å². The number of hydrogen-bond acceptors (Lipinski definition) is 5. The topological polar surface area (TPSA) is 51.0 Å². The van der Waals surface area contributed by atoms with Crippen LogP contribution in [0.15, 0.2) is 16.7 Å². The van der Waals surface area contributed by atoms with Crippen LogP contribution in [0.4, 0.5) is 5.13 Å². The van der Waals surface area contributed by atoms with Crippen molar-refractivity contribution in [3.63, 3.8) is 0 Å². The molecule has 0 amide bonds. The number of aromatic nitrogens is 2. The minimum Gasteiger partial charge on any atom is -0.461 e. The van der Waals surface area contributed by atoms with E-state index in [1.54, 1.807) is 6.26 Å². The average Bonchev–Trinajstić information content (AvgIpc) is 2.74. The number of aryl methyl sites for hydroxylation is 1. The summed E-state index contributed by atoms with van der Waals surface area (Å²) in [5, 5.41) is 4.21. The largest absolute Gasteiger partial charge is 0.461 e. The maximum atomic E-state index is 5.34. The molecule has 0 aliphatic heterocycles. The van der Waals surface area contributed by atoms with Gasteiger partial charge in [-0.25, -0.2) is 0 Å². The van der Waals surface area contributed by atoms with Gasteiger partial charge in [-0.1, -0.05) is 0 Å². The zero-order valence-electron chi connectivity index (χ0n) is 8.36. The third kappa shape index (κ3) is 1.74. The van der Waals surface area contributed by atoms with E-state index in [4.69, 9.17) is 4.42 Å². The Hall–Kier alpha value is -1.36. The zero-order chi connectivity index (χ0) is 10.3. The van der Waals surface area contributed by atoms with Gasteiger partial charge in [0.2, 0.25) is 11.0 Å². The van der Waals surface area contributed by atoms with Crippen LogP contribution in [-0.2, 0) is 0 Å². The molecule has 2 aromatic rings. The molecule has 1 aliphatic carbocycles. The van der Waals surface area contributed by atoms with E-state index < -0.39 is 0 Å². The Morgan fingerprint density at radius 1 is 1.53 bits per heavy atom. The van der Waals surface area contributed by atoms with E-state index in [9.17, 15) is 0 Å². The number of furan rings is 1. The summed E-state index contributed by atoms with van der Waals surface area (Å²) in [7, 11) is 0. The number of hydrogen-bond donors (Lipinski definition) is 1. The number of nitrogens with zero attached hydrogens (tertiary/aromatic N) is 2. The van der Waals surface area contributed by atoms with E-state index in [1.165, 1.54) is 24.4 Å². The second-order valence-electron chi connectivity index (χ2n) is 3.77. The molecule has 0 bridgehead atoms. The molecule has 2 aromatic heterocycles. The van der Waals surface area contributed by atoms with Gasteiger partial charge in [-0.05, 0) is 31.4 Å². The lowest BCUT2D eigenvalue weighted by molar-refractivity contribution is 0.577. The van der Waals surface area contributed by atoms with E-state index in [0.29, 0.717) is 11.9 Å². The Morgan fingerprint density at radius 3 is 3.07 bits per heavy atom. The molecule has 0 aromatic carbocycles. The fourth-order valence-electron chi connectivity index (χ4n) is 1.38. The Bertz CT molecular complexity index is 472. The Kier molecular flexibility index (Phi) is 1.98. The summed E-state index contributed by atoms with van der Waals surface area (Å²) in [6.45, 7) is 1.99. The summed E-state index contributed by atoms with van der Waals surface area (Å²) < 4.78 is 9.61. The van der Waals surface area contributed by atoms with E-state index in [1.807, 2.05) is 13.0 Å². The second kappa shape index (κ2) is 3.34. The molecule has 15 heavy (non-hydrogen) atoms. The maximum Gasteiger partial charge on any atom is 0.210 e. The Balaban J connectivity index is 1.86. The number of nitrogens with one attached hydrogen (secondary N) is 1. The summed E-state index contributed by atoms with van der Waals surface area (Å²) in [6, 6.07) is 2.54. The van der Waals surface area contributed by atoms with Gasteiger partial charge < -0.3 is 9.73 Å². The van der Waals surface area contributed by atoms with Gasteiger partial charge in [0.25, 0.3) is 0 Å². The van der Waals surface area contributed by atoms with Gasteiger partial charge in [0.05, 0.1) is 6.26 Å². The first kappa shape index (κ1) is 8.91. The normalized spacial score (nSPS) is 15.5. The third-order valence-corrected chi connectivity index (χ3v) is 3.04. The molecule has 0 unspecified atom stereocenters. The molecule has 0 spiro atoms. The van der Waals surface area contributed by atoms with Gasteiger partial charge in [0.15, 0.2) is 5.76 Å². The smallest absolute Gasteiger partial charge is 0.210 e. The first-order valence-corrected chi connectivity index (χ1v) is 5.75. The van der Waals surface area contributed by atoms with Gasteiger partial charge >= 0.3 is 0 Å². The van der Waals surface area contributed by atoms with Gasteiger partial charge in [-0.2, -0.15) is 9.36 Å². The molecule has 2 heterocycles. The molecule has 1 N–H and O–H groups in total. The maximum absolute atomic E-state index is 5.34. The van der Waals surface area contributed by atoms with Crippen molar-refractivity contribution in [1.29, 1.82) is 0 Å². The SMILES string of the molecule is Cc1ccoc1-c1nsc(NC2CC2)n1. The number of rotatable bonds is 3. The third-order valence-electron chi connectivity index (χ3n) is 2.40. The van der Waals surface area contributed by atoms with Gasteiger partial charge in [0, 0.05) is 17.6 Å². The van der Waals surface area contributed by atoms with Crippen molar-refractivity contribution in [2.45, 2.75) is 25.8 Å². The zero-order valence-corrected chi connectivity index (χ0v) is 9.17. The Labute approximate surface area is 91.5 Å². The van der Waals surface area contributed by atoms with Gasteiger partial charge in [-0.3, -0.25) is 0 Å². The molecular formula is C10H11N3OS. The summed E-state index contributed by atoms with van der Waals surface area (Å²) in [5.41, 5.74) is 1.07. The van der Waals surface area contributed by atoms with Crippen LogP contribution in [-0.4, -0.2) is 15.4 Å². The van der Waals surface area contributed by atoms with E-state index >= 15 is 0 Å². The molecule has 0 radical (unpaired) electrons. The molecule has 1 saturated carbocycles. The molecule has 78 valence electrons. The first-order chi connectivity index (χ1) is 7.33. The van der Waals surface area contributed by atoms with Crippen molar-refractivity contribution in [1.82, 2.24) is 9.36 Å². The van der Waals surface area contributed by atoms with Crippen molar-refractivity contribution >= 4 is 16.7 Å². The predicted octanol–water partition coefficient (Wildman–Crippen LogP) is 2.68. The van der Waals surface area contributed by atoms with Gasteiger partial charge in [0.1, 0.15) is 0 Å². The van der Waals surface area contributed by atoms with E-state index in [-0.39, 0.29) is 0 Å². The summed E-state index contributed by atoms with van der Waals surface area (Å²) in [4.78, 5) is 4.40. The highest BCUT2D eigenvalue weighted by molar-refractivity contribution is 7.09.